The first-order valence-corrected chi connectivity index (χ1v) is 10.6. The van der Waals surface area contributed by atoms with Crippen LogP contribution in [0.25, 0.3) is 11.1 Å². The summed E-state index contributed by atoms with van der Waals surface area (Å²) in [6, 6.07) is 18.0. The van der Waals surface area contributed by atoms with E-state index in [2.05, 4.69) is 5.32 Å². The van der Waals surface area contributed by atoms with Crippen molar-refractivity contribution in [1.82, 2.24) is 0 Å². The Morgan fingerprint density at radius 1 is 0.848 bits per heavy atom. The van der Waals surface area contributed by atoms with Gasteiger partial charge in [-0.25, -0.2) is 4.79 Å². The molecular weight excluding hydrogens is 418 g/mol. The van der Waals surface area contributed by atoms with Crippen LogP contribution in [0.4, 0.5) is 5.69 Å². The summed E-state index contributed by atoms with van der Waals surface area (Å²) in [5.74, 6) is 0.379. The first kappa shape index (κ1) is 23.9. The Balaban J connectivity index is 2.07. The van der Waals surface area contributed by atoms with Gasteiger partial charge in [0.05, 0.1) is 25.5 Å². The van der Waals surface area contributed by atoms with Crippen molar-refractivity contribution in [1.29, 1.82) is 0 Å². The van der Waals surface area contributed by atoms with E-state index in [0.717, 1.165) is 16.7 Å². The largest absolute Gasteiger partial charge is 0.497 e. The summed E-state index contributed by atoms with van der Waals surface area (Å²) in [5, 5.41) is 2.90. The minimum absolute atomic E-state index is 0.262. The number of esters is 1. The number of hydrogen-bond donors (Lipinski definition) is 1. The molecule has 1 N–H and O–H groups in total. The molecule has 3 aromatic carbocycles. The molecule has 6 heteroatoms. The summed E-state index contributed by atoms with van der Waals surface area (Å²) in [6.45, 7) is 7.23. The van der Waals surface area contributed by atoms with E-state index in [4.69, 9.17) is 14.2 Å². The van der Waals surface area contributed by atoms with E-state index in [0.29, 0.717) is 22.7 Å². The molecule has 3 aromatic rings. The Morgan fingerprint density at radius 2 is 1.58 bits per heavy atom. The van der Waals surface area contributed by atoms with Crippen molar-refractivity contribution in [3.05, 3.63) is 77.4 Å². The van der Waals surface area contributed by atoms with Gasteiger partial charge in [-0.1, -0.05) is 30.3 Å². The van der Waals surface area contributed by atoms with Crippen molar-refractivity contribution in [3.8, 4) is 22.6 Å². The fourth-order valence-electron chi connectivity index (χ4n) is 3.37. The maximum Gasteiger partial charge on any atom is 0.340 e. The van der Waals surface area contributed by atoms with Gasteiger partial charge in [-0.05, 0) is 69.2 Å². The van der Waals surface area contributed by atoms with Crippen LogP contribution in [-0.2, 0) is 4.74 Å². The second-order valence-corrected chi connectivity index (χ2v) is 8.60. The predicted molar refractivity (Wildman–Crippen MR) is 129 cm³/mol. The Labute approximate surface area is 194 Å². The normalized spacial score (nSPS) is 11.0. The quantitative estimate of drug-likeness (QED) is 0.477. The summed E-state index contributed by atoms with van der Waals surface area (Å²) >= 11 is 0. The van der Waals surface area contributed by atoms with E-state index in [9.17, 15) is 9.59 Å². The predicted octanol–water partition coefficient (Wildman–Crippen LogP) is 5.89. The number of para-hydroxylation sites is 1. The number of amides is 1. The van der Waals surface area contributed by atoms with Crippen LogP contribution in [0.15, 0.2) is 60.7 Å². The van der Waals surface area contributed by atoms with Crippen LogP contribution in [0, 0.1) is 6.92 Å². The van der Waals surface area contributed by atoms with E-state index < -0.39 is 11.6 Å². The van der Waals surface area contributed by atoms with Crippen LogP contribution in [0.3, 0.4) is 0 Å². The maximum atomic E-state index is 13.2. The minimum Gasteiger partial charge on any atom is -0.497 e. The average Bonchev–Trinajstić information content (AvgIpc) is 2.78. The summed E-state index contributed by atoms with van der Waals surface area (Å²) < 4.78 is 16.3. The molecule has 0 saturated carbocycles. The molecular formula is C27H29NO5. The van der Waals surface area contributed by atoms with E-state index in [1.807, 2.05) is 43.3 Å². The molecule has 0 atom stereocenters. The van der Waals surface area contributed by atoms with Gasteiger partial charge in [0.25, 0.3) is 5.91 Å². The number of benzene rings is 3. The third-order valence-corrected chi connectivity index (χ3v) is 4.99. The Hall–Kier alpha value is -3.80. The molecule has 0 unspecified atom stereocenters. The first-order valence-electron chi connectivity index (χ1n) is 10.6. The monoisotopic (exact) mass is 447 g/mol. The zero-order valence-electron chi connectivity index (χ0n) is 19.8. The van der Waals surface area contributed by atoms with Crippen LogP contribution in [0.5, 0.6) is 11.5 Å². The van der Waals surface area contributed by atoms with Gasteiger partial charge in [0.1, 0.15) is 17.1 Å². The highest BCUT2D eigenvalue weighted by Gasteiger charge is 2.23. The standard InChI is InChI=1S/C27H29NO5/c1-17-11-13-19(31-5)16-22(17)25(29)28-23-15-18(20-9-7-8-10-24(20)32-6)12-14-21(23)26(30)33-27(2,3)4/h7-16H,1-6H3,(H,28,29). The second kappa shape index (κ2) is 9.77. The lowest BCUT2D eigenvalue weighted by Crippen LogP contribution is -2.25. The van der Waals surface area contributed by atoms with Crippen LogP contribution in [0.1, 0.15) is 47.1 Å². The Bertz CT molecular complexity index is 1180. The van der Waals surface area contributed by atoms with E-state index >= 15 is 0 Å². The Kier molecular flexibility index (Phi) is 7.07. The molecule has 0 spiro atoms. The molecule has 0 radical (unpaired) electrons. The molecule has 0 aromatic heterocycles. The van der Waals surface area contributed by atoms with Crippen molar-refractivity contribution in [2.75, 3.05) is 19.5 Å². The third kappa shape index (κ3) is 5.71. The van der Waals surface area contributed by atoms with E-state index in [-0.39, 0.29) is 11.5 Å². The first-order chi connectivity index (χ1) is 15.6. The van der Waals surface area contributed by atoms with Crippen molar-refractivity contribution in [3.63, 3.8) is 0 Å². The van der Waals surface area contributed by atoms with Crippen LogP contribution in [0.2, 0.25) is 0 Å². The molecule has 33 heavy (non-hydrogen) atoms. The fourth-order valence-corrected chi connectivity index (χ4v) is 3.37. The SMILES string of the molecule is COc1ccc(C)c(C(=O)Nc2cc(-c3ccccc3OC)ccc2C(=O)OC(C)(C)C)c1. The molecule has 1 amide bonds. The summed E-state index contributed by atoms with van der Waals surface area (Å²) in [6.07, 6.45) is 0. The third-order valence-electron chi connectivity index (χ3n) is 4.99. The molecule has 0 fully saturated rings. The topological polar surface area (TPSA) is 73.9 Å². The van der Waals surface area contributed by atoms with Gasteiger partial charge < -0.3 is 19.5 Å². The lowest BCUT2D eigenvalue weighted by Gasteiger charge is -2.21. The van der Waals surface area contributed by atoms with E-state index in [1.54, 1.807) is 59.3 Å². The highest BCUT2D eigenvalue weighted by atomic mass is 16.6. The number of anilines is 1. The fraction of sp³-hybridized carbons (Fsp3) is 0.259. The second-order valence-electron chi connectivity index (χ2n) is 8.60. The van der Waals surface area contributed by atoms with Crippen molar-refractivity contribution < 1.29 is 23.8 Å². The number of methoxy groups -OCH3 is 2. The number of aryl methyl sites for hydroxylation is 1. The maximum absolute atomic E-state index is 13.2. The molecule has 6 nitrogen and oxygen atoms in total. The molecule has 0 aliphatic heterocycles. The van der Waals surface area contributed by atoms with Gasteiger partial charge in [0, 0.05) is 11.1 Å². The average molecular weight is 448 g/mol. The lowest BCUT2D eigenvalue weighted by atomic mass is 10.0. The van der Waals surface area contributed by atoms with Gasteiger partial charge in [0.15, 0.2) is 0 Å². The minimum atomic E-state index is -0.678. The van der Waals surface area contributed by atoms with Crippen molar-refractivity contribution >= 4 is 17.6 Å². The van der Waals surface area contributed by atoms with Crippen molar-refractivity contribution in [2.45, 2.75) is 33.3 Å². The molecule has 0 aliphatic carbocycles. The summed E-state index contributed by atoms with van der Waals surface area (Å²) in [7, 11) is 3.14. The van der Waals surface area contributed by atoms with Gasteiger partial charge >= 0.3 is 5.97 Å². The highest BCUT2D eigenvalue weighted by molar-refractivity contribution is 6.09. The molecule has 3 rings (SSSR count). The number of ether oxygens (including phenoxy) is 3. The van der Waals surface area contributed by atoms with Crippen LogP contribution < -0.4 is 14.8 Å². The summed E-state index contributed by atoms with van der Waals surface area (Å²) in [5.41, 5.74) is 2.79. The van der Waals surface area contributed by atoms with Gasteiger partial charge in [-0.2, -0.15) is 0 Å². The molecule has 0 aliphatic rings. The summed E-state index contributed by atoms with van der Waals surface area (Å²) in [4.78, 5) is 26.1. The van der Waals surface area contributed by atoms with Gasteiger partial charge in [0.2, 0.25) is 0 Å². The highest BCUT2D eigenvalue weighted by Crippen LogP contribution is 2.33. The van der Waals surface area contributed by atoms with E-state index in [1.165, 1.54) is 0 Å². The molecule has 172 valence electrons. The Morgan fingerprint density at radius 3 is 2.24 bits per heavy atom. The van der Waals surface area contributed by atoms with Gasteiger partial charge in [-0.15, -0.1) is 0 Å². The number of rotatable bonds is 6. The lowest BCUT2D eigenvalue weighted by molar-refractivity contribution is 0.00708. The number of carbonyl (C=O) groups excluding carboxylic acids is 2. The van der Waals surface area contributed by atoms with Crippen LogP contribution >= 0.6 is 0 Å². The molecule has 0 bridgehead atoms. The molecule has 0 saturated heterocycles. The van der Waals surface area contributed by atoms with Crippen LogP contribution in [-0.4, -0.2) is 31.7 Å². The number of nitrogens with one attached hydrogen (secondary N) is 1. The zero-order valence-corrected chi connectivity index (χ0v) is 19.8. The van der Waals surface area contributed by atoms with Crippen molar-refractivity contribution in [2.24, 2.45) is 0 Å². The number of carbonyl (C=O) groups is 2. The molecule has 0 heterocycles. The number of hydrogen-bond acceptors (Lipinski definition) is 5. The zero-order chi connectivity index (χ0) is 24.2. The smallest absolute Gasteiger partial charge is 0.340 e. The van der Waals surface area contributed by atoms with Gasteiger partial charge in [-0.3, -0.25) is 4.79 Å².